The van der Waals surface area contributed by atoms with Crippen molar-refractivity contribution < 1.29 is 9.90 Å². The Hall–Kier alpha value is -0.370. The largest absolute Gasteiger partial charge is 0.393 e. The van der Waals surface area contributed by atoms with E-state index in [1.54, 1.807) is 0 Å². The van der Waals surface area contributed by atoms with Crippen molar-refractivity contribution in [2.75, 3.05) is 0 Å². The Kier molecular flexibility index (Phi) is 1.83. The van der Waals surface area contributed by atoms with E-state index in [9.17, 15) is 9.90 Å². The second-order valence-electron chi connectivity index (χ2n) is 7.12. The molecule has 0 unspecified atom stereocenters. The predicted octanol–water partition coefficient (Wildman–Crippen LogP) is 2.54. The minimum atomic E-state index is -0.258. The van der Waals surface area contributed by atoms with Gasteiger partial charge in [-0.25, -0.2) is 0 Å². The SMILES string of the molecule is CC1(C)C[C@]23C(=O)CC[C@H](O)[C@]2(C)CC[C@H]13. The number of hydrogen-bond donors (Lipinski definition) is 1. The molecule has 0 aliphatic heterocycles. The highest BCUT2D eigenvalue weighted by atomic mass is 16.3. The first kappa shape index (κ1) is 10.8. The van der Waals surface area contributed by atoms with Crippen molar-refractivity contribution in [1.29, 1.82) is 0 Å². The summed E-state index contributed by atoms with van der Waals surface area (Å²) in [4.78, 5) is 12.4. The van der Waals surface area contributed by atoms with E-state index in [0.29, 0.717) is 30.0 Å². The van der Waals surface area contributed by atoms with Crippen LogP contribution in [0.3, 0.4) is 0 Å². The minimum absolute atomic E-state index is 0.122. The Labute approximate surface area is 97.4 Å². The van der Waals surface area contributed by atoms with Crippen molar-refractivity contribution in [1.82, 2.24) is 0 Å². The van der Waals surface area contributed by atoms with Crippen molar-refractivity contribution in [3.05, 3.63) is 0 Å². The molecule has 0 saturated heterocycles. The maximum atomic E-state index is 12.4. The third-order valence-corrected chi connectivity index (χ3v) is 6.12. The highest BCUT2D eigenvalue weighted by Crippen LogP contribution is 2.76. The lowest BCUT2D eigenvalue weighted by atomic mass is 9.38. The highest BCUT2D eigenvalue weighted by molar-refractivity contribution is 5.89. The van der Waals surface area contributed by atoms with Gasteiger partial charge >= 0.3 is 0 Å². The maximum Gasteiger partial charge on any atom is 0.140 e. The number of Topliss-reactive ketones (excluding diaryl/α,β-unsaturated/α-hetero) is 1. The smallest absolute Gasteiger partial charge is 0.140 e. The normalized spacial score (nSPS) is 54.1. The Morgan fingerprint density at radius 1 is 1.25 bits per heavy atom. The quantitative estimate of drug-likeness (QED) is 0.684. The molecule has 0 aromatic rings. The number of hydrogen-bond acceptors (Lipinski definition) is 2. The highest BCUT2D eigenvalue weighted by Gasteiger charge is 2.74. The molecule has 0 aromatic heterocycles. The Morgan fingerprint density at radius 3 is 2.56 bits per heavy atom. The van der Waals surface area contributed by atoms with Crippen molar-refractivity contribution in [3.8, 4) is 0 Å². The summed E-state index contributed by atoms with van der Waals surface area (Å²) in [5.41, 5.74) is 0.0289. The first-order chi connectivity index (χ1) is 7.34. The summed E-state index contributed by atoms with van der Waals surface area (Å²) in [5, 5.41) is 10.3. The molecular formula is C14H22O2. The van der Waals surface area contributed by atoms with Gasteiger partial charge in [-0.15, -0.1) is 0 Å². The van der Waals surface area contributed by atoms with Crippen LogP contribution in [0.25, 0.3) is 0 Å². The van der Waals surface area contributed by atoms with Gasteiger partial charge in [0.05, 0.1) is 6.10 Å². The summed E-state index contributed by atoms with van der Waals surface area (Å²) >= 11 is 0. The van der Waals surface area contributed by atoms with Gasteiger partial charge in [-0.1, -0.05) is 20.8 Å². The molecule has 0 radical (unpaired) electrons. The molecule has 2 heteroatoms. The fraction of sp³-hybridized carbons (Fsp3) is 0.929. The topological polar surface area (TPSA) is 37.3 Å². The van der Waals surface area contributed by atoms with Crippen LogP contribution in [-0.2, 0) is 4.79 Å². The maximum absolute atomic E-state index is 12.4. The van der Waals surface area contributed by atoms with Gasteiger partial charge in [0.1, 0.15) is 5.78 Å². The fourth-order valence-corrected chi connectivity index (χ4v) is 5.29. The number of rotatable bonds is 0. The molecule has 3 aliphatic rings. The van der Waals surface area contributed by atoms with Gasteiger partial charge in [0.25, 0.3) is 0 Å². The van der Waals surface area contributed by atoms with Gasteiger partial charge in [0, 0.05) is 17.3 Å². The molecular weight excluding hydrogens is 200 g/mol. The molecule has 1 spiro atoms. The van der Waals surface area contributed by atoms with Crippen LogP contribution in [0.2, 0.25) is 0 Å². The first-order valence-corrected chi connectivity index (χ1v) is 6.56. The number of carbonyl (C=O) groups excluding carboxylic acids is 1. The Morgan fingerprint density at radius 2 is 1.94 bits per heavy atom. The zero-order chi connectivity index (χ0) is 11.8. The second kappa shape index (κ2) is 2.72. The number of carbonyl (C=O) groups is 1. The summed E-state index contributed by atoms with van der Waals surface area (Å²) < 4.78 is 0. The van der Waals surface area contributed by atoms with E-state index < -0.39 is 0 Å². The van der Waals surface area contributed by atoms with Crippen LogP contribution in [0.1, 0.15) is 52.9 Å². The predicted molar refractivity (Wildman–Crippen MR) is 61.9 cm³/mol. The zero-order valence-corrected chi connectivity index (χ0v) is 10.5. The number of aliphatic hydroxyl groups excluding tert-OH is 1. The summed E-state index contributed by atoms with van der Waals surface area (Å²) in [6.45, 7) is 6.72. The van der Waals surface area contributed by atoms with Crippen LogP contribution >= 0.6 is 0 Å². The Bertz CT molecular complexity index is 360. The van der Waals surface area contributed by atoms with Crippen LogP contribution in [0.5, 0.6) is 0 Å². The molecule has 0 aromatic carbocycles. The van der Waals surface area contributed by atoms with Crippen LogP contribution in [-0.4, -0.2) is 17.0 Å². The average Bonchev–Trinajstić information content (AvgIpc) is 2.45. The Balaban J connectivity index is 2.08. The van der Waals surface area contributed by atoms with Gasteiger partial charge in [-0.05, 0) is 37.0 Å². The molecule has 0 amide bonds. The molecule has 16 heavy (non-hydrogen) atoms. The molecule has 0 bridgehead atoms. The minimum Gasteiger partial charge on any atom is -0.393 e. The van der Waals surface area contributed by atoms with Crippen LogP contribution in [0.4, 0.5) is 0 Å². The van der Waals surface area contributed by atoms with Crippen LogP contribution in [0, 0.1) is 22.2 Å². The molecule has 3 rings (SSSR count). The van der Waals surface area contributed by atoms with Gasteiger partial charge in [-0.2, -0.15) is 0 Å². The monoisotopic (exact) mass is 222 g/mol. The van der Waals surface area contributed by atoms with Gasteiger partial charge in [-0.3, -0.25) is 4.79 Å². The van der Waals surface area contributed by atoms with E-state index >= 15 is 0 Å². The van der Waals surface area contributed by atoms with E-state index in [0.717, 1.165) is 19.3 Å². The van der Waals surface area contributed by atoms with E-state index in [1.807, 2.05) is 0 Å². The zero-order valence-electron chi connectivity index (χ0n) is 10.5. The van der Waals surface area contributed by atoms with Crippen molar-refractivity contribution in [3.63, 3.8) is 0 Å². The average molecular weight is 222 g/mol. The lowest BCUT2D eigenvalue weighted by molar-refractivity contribution is -0.199. The summed E-state index contributed by atoms with van der Waals surface area (Å²) in [7, 11) is 0. The van der Waals surface area contributed by atoms with E-state index in [2.05, 4.69) is 20.8 Å². The molecule has 3 fully saturated rings. The number of ketones is 1. The third-order valence-electron chi connectivity index (χ3n) is 6.12. The van der Waals surface area contributed by atoms with Gasteiger partial charge in [0.15, 0.2) is 0 Å². The van der Waals surface area contributed by atoms with E-state index in [4.69, 9.17) is 0 Å². The molecule has 3 aliphatic carbocycles. The molecule has 0 heterocycles. The number of aliphatic hydroxyl groups is 1. The summed E-state index contributed by atoms with van der Waals surface area (Å²) in [6.07, 6.45) is 4.19. The van der Waals surface area contributed by atoms with Crippen LogP contribution in [0.15, 0.2) is 0 Å². The van der Waals surface area contributed by atoms with Crippen molar-refractivity contribution in [2.24, 2.45) is 22.2 Å². The summed E-state index contributed by atoms with van der Waals surface area (Å²) in [5.74, 6) is 0.967. The summed E-state index contributed by atoms with van der Waals surface area (Å²) in [6, 6.07) is 0. The molecule has 1 N–H and O–H groups in total. The molecule has 3 saturated carbocycles. The lowest BCUT2D eigenvalue weighted by Gasteiger charge is -2.64. The lowest BCUT2D eigenvalue weighted by Crippen LogP contribution is -2.65. The van der Waals surface area contributed by atoms with Crippen molar-refractivity contribution >= 4 is 5.78 Å². The second-order valence-corrected chi connectivity index (χ2v) is 7.12. The molecule has 2 nitrogen and oxygen atoms in total. The standard InChI is InChI=1S/C14H22O2/c1-12(2)8-14-9(12)6-7-13(14,3)10(15)4-5-11(14)16/h9-10,15H,4-8H2,1-3H3/t9-,10+,13+,14+/m1/s1. The molecule has 90 valence electrons. The van der Waals surface area contributed by atoms with Gasteiger partial charge < -0.3 is 5.11 Å². The van der Waals surface area contributed by atoms with E-state index in [-0.39, 0.29) is 16.9 Å². The van der Waals surface area contributed by atoms with E-state index in [1.165, 1.54) is 0 Å². The third kappa shape index (κ3) is 0.883. The fourth-order valence-electron chi connectivity index (χ4n) is 5.29. The van der Waals surface area contributed by atoms with Crippen LogP contribution < -0.4 is 0 Å². The molecule has 4 atom stereocenters. The van der Waals surface area contributed by atoms with Crippen molar-refractivity contribution in [2.45, 2.75) is 59.0 Å². The van der Waals surface area contributed by atoms with Gasteiger partial charge in [0.2, 0.25) is 0 Å². The first-order valence-electron chi connectivity index (χ1n) is 6.56.